The number of aromatic nitrogens is 2. The fourth-order valence-corrected chi connectivity index (χ4v) is 3.31. The summed E-state index contributed by atoms with van der Waals surface area (Å²) in [5.74, 6) is 0.993. The molecule has 1 aliphatic rings. The summed E-state index contributed by atoms with van der Waals surface area (Å²) in [4.78, 5) is 14.0. The molecule has 4 N–H and O–H groups in total. The van der Waals surface area contributed by atoms with Crippen molar-refractivity contribution in [2.75, 3.05) is 13.1 Å². The van der Waals surface area contributed by atoms with Crippen LogP contribution >= 0.6 is 0 Å². The number of benzene rings is 1. The summed E-state index contributed by atoms with van der Waals surface area (Å²) in [6.45, 7) is 11.8. The van der Waals surface area contributed by atoms with E-state index in [9.17, 15) is 4.79 Å². The van der Waals surface area contributed by atoms with Gasteiger partial charge in [0.2, 0.25) is 0 Å². The molecule has 1 unspecified atom stereocenters. The Labute approximate surface area is 241 Å². The van der Waals surface area contributed by atoms with Crippen LogP contribution in [0.25, 0.3) is 11.9 Å². The number of nitrogens with two attached hydrogens (primary N) is 1. The Morgan fingerprint density at radius 1 is 1.27 bits per heavy atom. The molecule has 3 rings (SSSR count). The van der Waals surface area contributed by atoms with Crippen LogP contribution in [0, 0.1) is 18.3 Å². The van der Waals surface area contributed by atoms with E-state index in [0.29, 0.717) is 29.8 Å². The molecule has 1 aromatic carbocycles. The first-order chi connectivity index (χ1) is 19.5. The minimum absolute atomic E-state index is 0.393. The smallest absolute Gasteiger partial charge is 0.162 e. The van der Waals surface area contributed by atoms with Gasteiger partial charge in [-0.05, 0) is 68.9 Å². The average Bonchev–Trinajstić information content (AvgIpc) is 3.39. The molecule has 2 aromatic rings. The summed E-state index contributed by atoms with van der Waals surface area (Å²) in [5, 5.41) is 15.7. The van der Waals surface area contributed by atoms with Crippen LogP contribution in [0.2, 0.25) is 0 Å². The Hall–Kier alpha value is -3.68. The van der Waals surface area contributed by atoms with E-state index < -0.39 is 0 Å². The van der Waals surface area contributed by atoms with Crippen molar-refractivity contribution in [3.05, 3.63) is 90.3 Å². The Bertz CT molecular complexity index is 1090. The van der Waals surface area contributed by atoms with Gasteiger partial charge in [-0.3, -0.25) is 0 Å². The molecule has 0 saturated heterocycles. The average molecular weight is 545 g/mol. The van der Waals surface area contributed by atoms with Crippen molar-refractivity contribution >= 4 is 30.6 Å². The van der Waals surface area contributed by atoms with Gasteiger partial charge < -0.3 is 21.3 Å². The molecule has 7 nitrogen and oxygen atoms in total. The molecule has 1 heterocycles. The molecule has 216 valence electrons. The summed E-state index contributed by atoms with van der Waals surface area (Å²) in [6.07, 6.45) is 22.2. The number of unbranched alkanes of at least 4 members (excludes halogenated alkanes) is 1. The number of allylic oxidation sites excluding steroid dienone is 4. The molecule has 1 aliphatic carbocycles. The zero-order chi connectivity index (χ0) is 29.4. The molecule has 40 heavy (non-hydrogen) atoms. The maximum atomic E-state index is 9.40. The van der Waals surface area contributed by atoms with Crippen LogP contribution < -0.4 is 11.1 Å². The number of nitrogens with one attached hydrogen (secondary N) is 2. The number of carbonyl (C=O) groups is 1. The lowest BCUT2D eigenvalue weighted by Crippen LogP contribution is -2.27. The largest absolute Gasteiger partial charge is 0.328 e. The zero-order valence-electron chi connectivity index (χ0n) is 24.5. The van der Waals surface area contributed by atoms with Crippen LogP contribution in [0.5, 0.6) is 0 Å². The Balaban J connectivity index is 0.000000671. The second-order valence-corrected chi connectivity index (χ2v) is 9.46. The summed E-state index contributed by atoms with van der Waals surface area (Å²) < 4.78 is 1.70. The predicted octanol–water partition coefficient (Wildman–Crippen LogP) is 6.63. The number of aldehydes is 1. The third-order valence-electron chi connectivity index (χ3n) is 6.01. The molecular weight excluding hydrogens is 496 g/mol. The lowest BCUT2D eigenvalue weighted by atomic mass is 9.95. The first-order valence-corrected chi connectivity index (χ1v) is 14.2. The monoisotopic (exact) mass is 544 g/mol. The van der Waals surface area contributed by atoms with Gasteiger partial charge in [0.05, 0.1) is 5.69 Å². The van der Waals surface area contributed by atoms with E-state index in [1.54, 1.807) is 10.9 Å². The summed E-state index contributed by atoms with van der Waals surface area (Å²) in [7, 11) is 0. The fourth-order valence-electron chi connectivity index (χ4n) is 3.31. The number of aliphatic imine (C=N–C) groups is 1. The third kappa shape index (κ3) is 15.0. The number of carbonyl (C=O) groups excluding carboxylic acids is 1. The SMILES string of the molecule is C=CC(C/C=C/C=N/C(=C(C=N)\C=C\c1ccccc1)n1ccc(C)n1)CNCC.CCCC=O.NC1CCC1. The molecule has 1 fully saturated rings. The maximum absolute atomic E-state index is 9.40. The Kier molecular flexibility index (Phi) is 19.0. The fraction of sp³-hybridized carbons (Fsp3) is 0.394. The van der Waals surface area contributed by atoms with Crippen LogP contribution in [-0.2, 0) is 4.79 Å². The molecule has 1 saturated carbocycles. The summed E-state index contributed by atoms with van der Waals surface area (Å²) >= 11 is 0. The van der Waals surface area contributed by atoms with Gasteiger partial charge in [0.25, 0.3) is 0 Å². The van der Waals surface area contributed by atoms with Gasteiger partial charge in [0, 0.05) is 43.2 Å². The topological polar surface area (TPSA) is 109 Å². The highest BCUT2D eigenvalue weighted by Gasteiger charge is 2.09. The minimum Gasteiger partial charge on any atom is -0.328 e. The Morgan fingerprint density at radius 3 is 2.48 bits per heavy atom. The van der Waals surface area contributed by atoms with E-state index in [4.69, 9.17) is 11.1 Å². The maximum Gasteiger partial charge on any atom is 0.162 e. The molecule has 0 amide bonds. The van der Waals surface area contributed by atoms with Crippen molar-refractivity contribution in [3.8, 4) is 0 Å². The van der Waals surface area contributed by atoms with Gasteiger partial charge in [-0.25, -0.2) is 9.67 Å². The molecule has 7 heteroatoms. The van der Waals surface area contributed by atoms with E-state index in [0.717, 1.165) is 43.5 Å². The van der Waals surface area contributed by atoms with Crippen LogP contribution in [0.15, 0.2) is 84.0 Å². The first-order valence-electron chi connectivity index (χ1n) is 14.2. The van der Waals surface area contributed by atoms with E-state index in [2.05, 4.69) is 35.0 Å². The van der Waals surface area contributed by atoms with Crippen molar-refractivity contribution in [1.29, 1.82) is 5.41 Å². The van der Waals surface area contributed by atoms with E-state index in [1.807, 2.05) is 80.7 Å². The van der Waals surface area contributed by atoms with Gasteiger partial charge in [-0.15, -0.1) is 6.58 Å². The minimum atomic E-state index is 0.393. The molecule has 0 spiro atoms. The molecule has 1 atom stereocenters. The molecule has 1 aromatic heterocycles. The van der Waals surface area contributed by atoms with Gasteiger partial charge in [-0.1, -0.05) is 68.8 Å². The highest BCUT2D eigenvalue weighted by molar-refractivity contribution is 5.91. The van der Waals surface area contributed by atoms with Gasteiger partial charge in [-0.2, -0.15) is 5.10 Å². The lowest BCUT2D eigenvalue weighted by Gasteiger charge is -2.18. The number of hydrogen-bond donors (Lipinski definition) is 3. The molecular formula is C33H48N6O. The highest BCUT2D eigenvalue weighted by Crippen LogP contribution is 2.15. The predicted molar refractivity (Wildman–Crippen MR) is 172 cm³/mol. The van der Waals surface area contributed by atoms with Crippen LogP contribution in [0.4, 0.5) is 0 Å². The molecule has 0 radical (unpaired) electrons. The summed E-state index contributed by atoms with van der Waals surface area (Å²) in [6, 6.07) is 12.5. The van der Waals surface area contributed by atoms with Crippen LogP contribution in [0.1, 0.15) is 63.6 Å². The van der Waals surface area contributed by atoms with Crippen molar-refractivity contribution in [3.63, 3.8) is 0 Å². The second-order valence-electron chi connectivity index (χ2n) is 9.46. The standard InChI is InChI=1S/C25H31N5.C4H9N.C4H8O/c1-4-22(20-27-5-2)11-9-10-17-28-25(30-18-16-21(3)29-30)24(19-26)15-14-23-12-7-6-8-13-23;5-4-2-1-3-4;1-2-3-4-5/h4,6-10,12-19,22,26-27H,1,5,11,20H2,2-3H3;4H,1-3,5H2;4H,2-3H2,1H3/b10-9+,15-14+,25-24-,26-19?,28-17+;;. The van der Waals surface area contributed by atoms with Gasteiger partial charge in [0.1, 0.15) is 6.29 Å². The lowest BCUT2D eigenvalue weighted by molar-refractivity contribution is -0.107. The summed E-state index contributed by atoms with van der Waals surface area (Å²) in [5.41, 5.74) is 8.01. The first kappa shape index (κ1) is 34.3. The van der Waals surface area contributed by atoms with Gasteiger partial charge in [0.15, 0.2) is 5.82 Å². The normalized spacial score (nSPS) is 14.5. The molecule has 0 aliphatic heterocycles. The van der Waals surface area contributed by atoms with Crippen molar-refractivity contribution < 1.29 is 4.79 Å². The number of nitrogens with zero attached hydrogens (tertiary/aromatic N) is 3. The van der Waals surface area contributed by atoms with Crippen molar-refractivity contribution in [2.45, 2.75) is 65.3 Å². The van der Waals surface area contributed by atoms with Crippen LogP contribution in [-0.4, -0.2) is 47.6 Å². The second kappa shape index (κ2) is 22.2. The number of aryl methyl sites for hydroxylation is 1. The van der Waals surface area contributed by atoms with E-state index in [-0.39, 0.29) is 0 Å². The highest BCUT2D eigenvalue weighted by atomic mass is 16.1. The van der Waals surface area contributed by atoms with Crippen LogP contribution in [0.3, 0.4) is 0 Å². The molecule has 0 bridgehead atoms. The number of rotatable bonds is 14. The van der Waals surface area contributed by atoms with Gasteiger partial charge >= 0.3 is 0 Å². The van der Waals surface area contributed by atoms with E-state index >= 15 is 0 Å². The van der Waals surface area contributed by atoms with Crippen molar-refractivity contribution in [1.82, 2.24) is 15.1 Å². The van der Waals surface area contributed by atoms with E-state index in [1.165, 1.54) is 25.5 Å². The van der Waals surface area contributed by atoms with Crippen molar-refractivity contribution in [2.24, 2.45) is 16.6 Å². The third-order valence-corrected chi connectivity index (χ3v) is 6.01. The Morgan fingerprint density at radius 2 is 2.00 bits per heavy atom. The quantitative estimate of drug-likeness (QED) is 0.107. The number of hydrogen-bond acceptors (Lipinski definition) is 6. The zero-order valence-corrected chi connectivity index (χ0v) is 24.5.